The van der Waals surface area contributed by atoms with Crippen LogP contribution >= 0.6 is 0 Å². The predicted octanol–water partition coefficient (Wildman–Crippen LogP) is 2.99. The second-order valence-electron chi connectivity index (χ2n) is 5.25. The van der Waals surface area contributed by atoms with Crippen molar-refractivity contribution in [3.63, 3.8) is 0 Å². The van der Waals surface area contributed by atoms with Gasteiger partial charge in [0.1, 0.15) is 11.5 Å². The number of nitrogens with zero attached hydrogens (tertiary/aromatic N) is 1. The lowest BCUT2D eigenvalue weighted by molar-refractivity contribution is 0.0371. The number of Topliss-reactive ketones (excluding diaryl/α,β-unsaturated/α-hetero) is 1. The van der Waals surface area contributed by atoms with Crippen molar-refractivity contribution in [1.29, 1.82) is 0 Å². The summed E-state index contributed by atoms with van der Waals surface area (Å²) in [6, 6.07) is 16.9. The number of ether oxygens (including phenoxy) is 2. The van der Waals surface area contributed by atoms with Gasteiger partial charge >= 0.3 is 0 Å². The molecule has 1 heterocycles. The van der Waals surface area contributed by atoms with Gasteiger partial charge in [-0.05, 0) is 36.4 Å². The monoisotopic (exact) mass is 297 g/mol. The third-order valence-electron chi connectivity index (χ3n) is 3.63. The molecule has 22 heavy (non-hydrogen) atoms. The van der Waals surface area contributed by atoms with Gasteiger partial charge in [-0.2, -0.15) is 0 Å². The summed E-state index contributed by atoms with van der Waals surface area (Å²) in [5, 5.41) is 0. The first-order valence-corrected chi connectivity index (χ1v) is 7.47. The van der Waals surface area contributed by atoms with E-state index >= 15 is 0 Å². The SMILES string of the molecule is O=C(CN1CCOCC1)c1ccc(Oc2ccccc2)cc1. The van der Waals surface area contributed by atoms with E-state index < -0.39 is 0 Å². The molecular weight excluding hydrogens is 278 g/mol. The summed E-state index contributed by atoms with van der Waals surface area (Å²) in [4.78, 5) is 14.4. The smallest absolute Gasteiger partial charge is 0.176 e. The standard InChI is InChI=1S/C18H19NO3/c20-18(14-19-10-12-21-13-11-19)15-6-8-17(9-7-15)22-16-4-2-1-3-5-16/h1-9H,10-14H2. The van der Waals surface area contributed by atoms with Gasteiger partial charge in [-0.1, -0.05) is 18.2 Å². The summed E-state index contributed by atoms with van der Waals surface area (Å²) in [6.07, 6.45) is 0. The Hall–Kier alpha value is -2.17. The zero-order chi connectivity index (χ0) is 15.2. The van der Waals surface area contributed by atoms with Crippen LogP contribution < -0.4 is 4.74 Å². The highest BCUT2D eigenvalue weighted by molar-refractivity contribution is 5.97. The van der Waals surface area contributed by atoms with Crippen LogP contribution in [0.25, 0.3) is 0 Å². The Morgan fingerprint density at radius 1 is 0.955 bits per heavy atom. The van der Waals surface area contributed by atoms with Crippen molar-refractivity contribution >= 4 is 5.78 Å². The predicted molar refractivity (Wildman–Crippen MR) is 84.5 cm³/mol. The summed E-state index contributed by atoms with van der Waals surface area (Å²) in [6.45, 7) is 3.50. The Labute approximate surface area is 130 Å². The lowest BCUT2D eigenvalue weighted by Gasteiger charge is -2.25. The molecule has 0 saturated carbocycles. The van der Waals surface area contributed by atoms with Crippen molar-refractivity contribution in [3.8, 4) is 11.5 Å². The van der Waals surface area contributed by atoms with E-state index in [2.05, 4.69) is 4.90 Å². The summed E-state index contributed by atoms with van der Waals surface area (Å²) in [5.41, 5.74) is 0.715. The normalized spacial score (nSPS) is 15.5. The highest BCUT2D eigenvalue weighted by Gasteiger charge is 2.15. The van der Waals surface area contributed by atoms with E-state index in [0.29, 0.717) is 25.3 Å². The molecule has 1 saturated heterocycles. The fraction of sp³-hybridized carbons (Fsp3) is 0.278. The van der Waals surface area contributed by atoms with Crippen molar-refractivity contribution in [3.05, 3.63) is 60.2 Å². The number of morpholine rings is 1. The number of hydrogen-bond donors (Lipinski definition) is 0. The minimum Gasteiger partial charge on any atom is -0.457 e. The number of benzene rings is 2. The Morgan fingerprint density at radius 2 is 1.59 bits per heavy atom. The Morgan fingerprint density at radius 3 is 2.27 bits per heavy atom. The van der Waals surface area contributed by atoms with E-state index in [-0.39, 0.29) is 5.78 Å². The summed E-state index contributed by atoms with van der Waals surface area (Å²) < 4.78 is 11.0. The van der Waals surface area contributed by atoms with Gasteiger partial charge in [0.25, 0.3) is 0 Å². The fourth-order valence-corrected chi connectivity index (χ4v) is 2.39. The van der Waals surface area contributed by atoms with Crippen molar-refractivity contribution in [2.45, 2.75) is 0 Å². The lowest BCUT2D eigenvalue weighted by atomic mass is 10.1. The summed E-state index contributed by atoms with van der Waals surface area (Å²) in [7, 11) is 0. The van der Waals surface area contributed by atoms with Crippen molar-refractivity contribution < 1.29 is 14.3 Å². The minimum absolute atomic E-state index is 0.133. The maximum atomic E-state index is 12.3. The molecule has 0 spiro atoms. The molecule has 0 amide bonds. The van der Waals surface area contributed by atoms with Crippen LogP contribution in [0.5, 0.6) is 11.5 Å². The molecule has 0 aliphatic carbocycles. The van der Waals surface area contributed by atoms with Crippen LogP contribution in [0.3, 0.4) is 0 Å². The molecule has 0 bridgehead atoms. The van der Waals surface area contributed by atoms with Gasteiger partial charge < -0.3 is 9.47 Å². The van der Waals surface area contributed by atoms with Gasteiger partial charge in [-0.25, -0.2) is 0 Å². The Kier molecular flexibility index (Phi) is 4.83. The molecule has 4 nitrogen and oxygen atoms in total. The van der Waals surface area contributed by atoms with E-state index in [4.69, 9.17) is 9.47 Å². The van der Waals surface area contributed by atoms with E-state index in [1.807, 2.05) is 54.6 Å². The highest BCUT2D eigenvalue weighted by atomic mass is 16.5. The van der Waals surface area contributed by atoms with Gasteiger partial charge in [0.2, 0.25) is 0 Å². The van der Waals surface area contributed by atoms with Crippen LogP contribution in [-0.2, 0) is 4.74 Å². The van der Waals surface area contributed by atoms with Gasteiger partial charge in [-0.15, -0.1) is 0 Å². The van der Waals surface area contributed by atoms with Crippen molar-refractivity contribution in [2.24, 2.45) is 0 Å². The van der Waals surface area contributed by atoms with Crippen LogP contribution in [0.15, 0.2) is 54.6 Å². The zero-order valence-corrected chi connectivity index (χ0v) is 12.4. The molecule has 4 heteroatoms. The van der Waals surface area contributed by atoms with Crippen LogP contribution in [0.1, 0.15) is 10.4 Å². The first kappa shape index (κ1) is 14.8. The van der Waals surface area contributed by atoms with Crippen molar-refractivity contribution in [1.82, 2.24) is 4.90 Å². The largest absolute Gasteiger partial charge is 0.457 e. The molecule has 0 N–H and O–H groups in total. The average Bonchev–Trinajstić information content (AvgIpc) is 2.57. The second kappa shape index (κ2) is 7.20. The average molecular weight is 297 g/mol. The Bertz CT molecular complexity index is 604. The van der Waals surface area contributed by atoms with Gasteiger partial charge in [0, 0.05) is 18.7 Å². The van der Waals surface area contributed by atoms with Crippen LogP contribution in [0.2, 0.25) is 0 Å². The quantitative estimate of drug-likeness (QED) is 0.795. The third-order valence-corrected chi connectivity index (χ3v) is 3.63. The van der Waals surface area contributed by atoms with Gasteiger partial charge in [0.05, 0.1) is 19.8 Å². The molecule has 1 aliphatic heterocycles. The first-order chi connectivity index (χ1) is 10.8. The van der Waals surface area contributed by atoms with Gasteiger partial charge in [-0.3, -0.25) is 9.69 Å². The Balaban J connectivity index is 1.59. The number of hydrogen-bond acceptors (Lipinski definition) is 4. The number of rotatable bonds is 5. The third kappa shape index (κ3) is 3.93. The highest BCUT2D eigenvalue weighted by Crippen LogP contribution is 2.21. The maximum absolute atomic E-state index is 12.3. The van der Waals surface area contributed by atoms with Crippen LogP contribution in [-0.4, -0.2) is 43.5 Å². The summed E-state index contributed by atoms with van der Waals surface area (Å²) >= 11 is 0. The molecule has 1 aliphatic rings. The first-order valence-electron chi connectivity index (χ1n) is 7.47. The maximum Gasteiger partial charge on any atom is 0.176 e. The molecule has 0 radical (unpaired) electrons. The van der Waals surface area contributed by atoms with E-state index in [1.165, 1.54) is 0 Å². The second-order valence-corrected chi connectivity index (χ2v) is 5.25. The molecular formula is C18H19NO3. The lowest BCUT2D eigenvalue weighted by Crippen LogP contribution is -2.39. The molecule has 2 aromatic rings. The molecule has 0 aromatic heterocycles. The molecule has 3 rings (SSSR count). The van der Waals surface area contributed by atoms with E-state index in [9.17, 15) is 4.79 Å². The fourth-order valence-electron chi connectivity index (χ4n) is 2.39. The number of carbonyl (C=O) groups excluding carboxylic acids is 1. The van der Waals surface area contributed by atoms with Crippen molar-refractivity contribution in [2.75, 3.05) is 32.8 Å². The van der Waals surface area contributed by atoms with Crippen LogP contribution in [0, 0.1) is 0 Å². The zero-order valence-electron chi connectivity index (χ0n) is 12.4. The minimum atomic E-state index is 0.133. The van der Waals surface area contributed by atoms with E-state index in [0.717, 1.165) is 24.6 Å². The number of carbonyl (C=O) groups is 1. The molecule has 0 unspecified atom stereocenters. The van der Waals surface area contributed by atoms with Crippen LogP contribution in [0.4, 0.5) is 0 Å². The molecule has 0 atom stereocenters. The molecule has 2 aromatic carbocycles. The topological polar surface area (TPSA) is 38.8 Å². The number of para-hydroxylation sites is 1. The number of ketones is 1. The van der Waals surface area contributed by atoms with E-state index in [1.54, 1.807) is 0 Å². The summed E-state index contributed by atoms with van der Waals surface area (Å²) in [5.74, 6) is 1.65. The van der Waals surface area contributed by atoms with Gasteiger partial charge in [0.15, 0.2) is 5.78 Å². The molecule has 114 valence electrons. The molecule has 1 fully saturated rings.